The second kappa shape index (κ2) is 10.8. The lowest BCUT2D eigenvalue weighted by Gasteiger charge is -2.37. The van der Waals surface area contributed by atoms with Gasteiger partial charge in [-0.05, 0) is 89.7 Å². The number of hydrogen-bond donors (Lipinski definition) is 0. The minimum Gasteiger partial charge on any atom is -0.303 e. The normalized spacial score (nSPS) is 23.7. The van der Waals surface area contributed by atoms with E-state index in [0.717, 1.165) is 19.2 Å². The Morgan fingerprint density at radius 1 is 0.939 bits per heavy atom. The summed E-state index contributed by atoms with van der Waals surface area (Å²) in [5.74, 6) is 1.39. The van der Waals surface area contributed by atoms with E-state index in [4.69, 9.17) is 0 Å². The van der Waals surface area contributed by atoms with Crippen LogP contribution in [0.4, 0.5) is 13.2 Å². The quantitative estimate of drug-likeness (QED) is 0.419. The Morgan fingerprint density at radius 2 is 1.45 bits per heavy atom. The Labute approximate surface area is 197 Å². The molecule has 2 heterocycles. The maximum atomic E-state index is 14.0. The Morgan fingerprint density at radius 3 is 1.91 bits per heavy atom. The summed E-state index contributed by atoms with van der Waals surface area (Å²) in [4.78, 5) is 4.70. The second-order valence-electron chi connectivity index (χ2n) is 10.8. The largest absolute Gasteiger partial charge is 0.416 e. The third-order valence-electron chi connectivity index (χ3n) is 7.94. The van der Waals surface area contributed by atoms with E-state index >= 15 is 0 Å². The zero-order chi connectivity index (χ0) is 24.2. The molecule has 33 heavy (non-hydrogen) atoms. The molecule has 4 rings (SSSR count). The van der Waals surface area contributed by atoms with Crippen molar-refractivity contribution >= 4 is 0 Å². The van der Waals surface area contributed by atoms with Crippen LogP contribution in [0.15, 0.2) is 24.3 Å². The third-order valence-corrected chi connectivity index (χ3v) is 7.94. The first-order chi connectivity index (χ1) is 15.6. The van der Waals surface area contributed by atoms with Gasteiger partial charge in [0.05, 0.1) is 17.0 Å². The van der Waals surface area contributed by atoms with Crippen molar-refractivity contribution in [3.63, 3.8) is 0 Å². The van der Waals surface area contributed by atoms with Gasteiger partial charge < -0.3 is 4.90 Å². The topological polar surface area (TPSA) is 30.3 Å². The van der Waals surface area contributed by atoms with Crippen molar-refractivity contribution in [3.8, 4) is 6.07 Å². The molecule has 0 spiro atoms. The predicted octanol–water partition coefficient (Wildman–Crippen LogP) is 6.49. The number of halogens is 3. The summed E-state index contributed by atoms with van der Waals surface area (Å²) in [6.07, 6.45) is 1.40. The molecule has 0 amide bonds. The first-order valence-electron chi connectivity index (χ1n) is 12.6. The van der Waals surface area contributed by atoms with E-state index in [1.807, 2.05) is 0 Å². The van der Waals surface area contributed by atoms with Crippen LogP contribution in [0.1, 0.15) is 77.3 Å². The number of hydrogen-bond acceptors (Lipinski definition) is 3. The zero-order valence-corrected chi connectivity index (χ0v) is 20.7. The summed E-state index contributed by atoms with van der Waals surface area (Å²) >= 11 is 0. The van der Waals surface area contributed by atoms with Crippen molar-refractivity contribution in [1.82, 2.24) is 9.80 Å². The molecule has 3 fully saturated rings. The van der Waals surface area contributed by atoms with Gasteiger partial charge in [0.2, 0.25) is 0 Å². The lowest BCUT2D eigenvalue weighted by molar-refractivity contribution is -0.138. The molecule has 0 aromatic heterocycles. The van der Waals surface area contributed by atoms with Crippen LogP contribution < -0.4 is 0 Å². The average molecular weight is 464 g/mol. The number of benzene rings is 1. The summed E-state index contributed by atoms with van der Waals surface area (Å²) < 4.78 is 42.0. The van der Waals surface area contributed by atoms with E-state index in [1.165, 1.54) is 37.8 Å². The van der Waals surface area contributed by atoms with E-state index < -0.39 is 17.2 Å². The highest BCUT2D eigenvalue weighted by atomic mass is 19.4. The van der Waals surface area contributed by atoms with Crippen molar-refractivity contribution in [3.05, 3.63) is 35.4 Å². The Kier molecular flexibility index (Phi) is 8.50. The molecule has 3 nitrogen and oxygen atoms in total. The van der Waals surface area contributed by atoms with Gasteiger partial charge in [-0.15, -0.1) is 0 Å². The number of rotatable bonds is 9. The molecule has 2 bridgehead atoms. The molecule has 2 aliphatic heterocycles. The van der Waals surface area contributed by atoms with Gasteiger partial charge in [0.15, 0.2) is 0 Å². The van der Waals surface area contributed by atoms with Gasteiger partial charge in [0, 0.05) is 38.3 Å². The van der Waals surface area contributed by atoms with Crippen molar-refractivity contribution in [2.45, 2.75) is 89.9 Å². The van der Waals surface area contributed by atoms with Crippen LogP contribution in [0.3, 0.4) is 0 Å². The van der Waals surface area contributed by atoms with Gasteiger partial charge in [0.1, 0.15) is 0 Å². The van der Waals surface area contributed by atoms with Crippen LogP contribution in [0.2, 0.25) is 0 Å². The van der Waals surface area contributed by atoms with Crippen LogP contribution in [-0.4, -0.2) is 48.1 Å². The highest BCUT2D eigenvalue weighted by molar-refractivity contribution is 5.41. The van der Waals surface area contributed by atoms with E-state index in [9.17, 15) is 18.4 Å². The van der Waals surface area contributed by atoms with Gasteiger partial charge in [-0.2, -0.15) is 18.4 Å². The van der Waals surface area contributed by atoms with Crippen LogP contribution in [0.5, 0.6) is 0 Å². The Balaban J connectivity index is 1.91. The fourth-order valence-electron chi connectivity index (χ4n) is 6.08. The molecule has 0 radical (unpaired) electrons. The maximum absolute atomic E-state index is 14.0. The molecule has 2 saturated heterocycles. The summed E-state index contributed by atoms with van der Waals surface area (Å²) in [5.41, 5.74) is -1.69. The zero-order valence-electron chi connectivity index (χ0n) is 20.7. The Bertz CT molecular complexity index is 784. The van der Waals surface area contributed by atoms with Crippen LogP contribution >= 0.6 is 0 Å². The van der Waals surface area contributed by atoms with E-state index in [1.54, 1.807) is 6.07 Å². The molecule has 184 valence electrons. The van der Waals surface area contributed by atoms with E-state index in [2.05, 4.69) is 43.6 Å². The molecule has 1 unspecified atom stereocenters. The van der Waals surface area contributed by atoms with Gasteiger partial charge >= 0.3 is 6.18 Å². The lowest BCUT2D eigenvalue weighted by Crippen LogP contribution is -2.42. The summed E-state index contributed by atoms with van der Waals surface area (Å²) in [6, 6.07) is 8.69. The van der Waals surface area contributed by atoms with Gasteiger partial charge in [0.25, 0.3) is 0 Å². The highest BCUT2D eigenvalue weighted by Gasteiger charge is 2.42. The van der Waals surface area contributed by atoms with E-state index in [-0.39, 0.29) is 17.6 Å². The van der Waals surface area contributed by atoms with E-state index in [0.29, 0.717) is 37.8 Å². The first-order valence-corrected chi connectivity index (χ1v) is 12.6. The fraction of sp³-hybridized carbons (Fsp3) is 0.741. The molecule has 1 aliphatic carbocycles. The van der Waals surface area contributed by atoms with Gasteiger partial charge in [-0.1, -0.05) is 18.2 Å². The number of nitriles is 1. The molecular formula is C27H40F3N3. The molecule has 6 heteroatoms. The van der Waals surface area contributed by atoms with Crippen LogP contribution in [0, 0.1) is 23.2 Å². The molecule has 1 aromatic rings. The monoisotopic (exact) mass is 463 g/mol. The van der Waals surface area contributed by atoms with Crippen LogP contribution in [-0.2, 0) is 11.6 Å². The number of alkyl halides is 3. The van der Waals surface area contributed by atoms with Gasteiger partial charge in [-0.25, -0.2) is 0 Å². The van der Waals surface area contributed by atoms with Crippen molar-refractivity contribution < 1.29 is 13.2 Å². The molecule has 1 atom stereocenters. The molecule has 1 saturated carbocycles. The minimum absolute atomic E-state index is 0.144. The van der Waals surface area contributed by atoms with Crippen molar-refractivity contribution in [1.29, 1.82) is 5.26 Å². The summed E-state index contributed by atoms with van der Waals surface area (Å²) in [5, 5.41) is 10.5. The third kappa shape index (κ3) is 6.31. The van der Waals surface area contributed by atoms with Crippen molar-refractivity contribution in [2.75, 3.05) is 26.2 Å². The van der Waals surface area contributed by atoms with Gasteiger partial charge in [-0.3, -0.25) is 4.90 Å². The average Bonchev–Trinajstić information content (AvgIpc) is 3.08. The summed E-state index contributed by atoms with van der Waals surface area (Å²) in [6.45, 7) is 11.7. The SMILES string of the molecule is CC(C)N(CCC(C#N)(CCN1CC2CCC(CC2)C1)c1ccccc1C(F)(F)F)C(C)C. The minimum atomic E-state index is -4.48. The summed E-state index contributed by atoms with van der Waals surface area (Å²) in [7, 11) is 0. The predicted molar refractivity (Wildman–Crippen MR) is 127 cm³/mol. The smallest absolute Gasteiger partial charge is 0.303 e. The standard InChI is InChI=1S/C27H40F3N3/c1-20(2)33(21(3)4)16-14-26(19-31,24-7-5-6-8-25(24)27(28,29)30)13-15-32-17-22-9-10-23(18-32)12-11-22/h5-8,20-23H,9-18H2,1-4H3. The number of fused-ring (bicyclic) bond motifs is 4. The first kappa shape index (κ1) is 26.0. The Hall–Kier alpha value is -1.58. The number of nitrogens with zero attached hydrogens (tertiary/aromatic N) is 3. The molecule has 0 N–H and O–H groups in total. The highest BCUT2D eigenvalue weighted by Crippen LogP contribution is 2.42. The molecule has 3 aliphatic rings. The van der Waals surface area contributed by atoms with Crippen molar-refractivity contribution in [2.24, 2.45) is 11.8 Å². The lowest BCUT2D eigenvalue weighted by atomic mass is 9.73. The second-order valence-corrected chi connectivity index (χ2v) is 10.8. The molecule has 1 aromatic carbocycles. The maximum Gasteiger partial charge on any atom is 0.416 e. The molecular weight excluding hydrogens is 423 g/mol. The fourth-order valence-corrected chi connectivity index (χ4v) is 6.08. The van der Waals surface area contributed by atoms with Crippen LogP contribution in [0.25, 0.3) is 0 Å².